The predicted molar refractivity (Wildman–Crippen MR) is 112 cm³/mol. The highest BCUT2D eigenvalue weighted by Gasteiger charge is 1.68. The molecule has 0 N–H and O–H groups in total. The Morgan fingerprint density at radius 2 is 0.909 bits per heavy atom. The zero-order valence-electron chi connectivity index (χ0n) is 17.6. The average molecular weight is 311 g/mol. The van der Waals surface area contributed by atoms with Crippen LogP contribution in [0.25, 0.3) is 0 Å². The second kappa shape index (κ2) is 36.8. The molecule has 0 bridgehead atoms. The summed E-state index contributed by atoms with van der Waals surface area (Å²) in [7, 11) is 0. The molecule has 0 fully saturated rings. The molecule has 134 valence electrons. The van der Waals surface area contributed by atoms with E-state index in [1.165, 1.54) is 24.0 Å². The quantitative estimate of drug-likeness (QED) is 0.457. The number of allylic oxidation sites excluding steroid dienone is 5. The molecule has 0 saturated carbocycles. The van der Waals surface area contributed by atoms with Gasteiger partial charge in [-0.1, -0.05) is 70.9 Å². The van der Waals surface area contributed by atoms with Crippen molar-refractivity contribution in [3.63, 3.8) is 0 Å². The Hall–Kier alpha value is -1.04. The fourth-order valence-corrected chi connectivity index (χ4v) is 0.816. The van der Waals surface area contributed by atoms with Crippen molar-refractivity contribution in [3.8, 4) is 0 Å². The normalized spacial score (nSPS) is 7.23. The van der Waals surface area contributed by atoms with Gasteiger partial charge in [0, 0.05) is 0 Å². The average Bonchev–Trinajstić information content (AvgIpc) is 2.41. The van der Waals surface area contributed by atoms with Crippen LogP contribution in [0, 0.1) is 5.92 Å². The summed E-state index contributed by atoms with van der Waals surface area (Å²) < 4.78 is 0. The van der Waals surface area contributed by atoms with Gasteiger partial charge in [-0.3, -0.25) is 0 Å². The molecule has 0 rings (SSSR count). The summed E-state index contributed by atoms with van der Waals surface area (Å²) in [5.41, 5.74) is 2.83. The fourth-order valence-electron chi connectivity index (χ4n) is 0.816. The molecule has 0 saturated heterocycles. The predicted octanol–water partition coefficient (Wildman–Crippen LogP) is 8.77. The highest BCUT2D eigenvalue weighted by molar-refractivity contribution is 4.91. The van der Waals surface area contributed by atoms with Gasteiger partial charge in [0.15, 0.2) is 0 Å². The van der Waals surface area contributed by atoms with Crippen molar-refractivity contribution in [2.75, 3.05) is 0 Å². The minimum Gasteiger partial charge on any atom is -0.106 e. The first-order valence-corrected chi connectivity index (χ1v) is 8.56. The van der Waals surface area contributed by atoms with Gasteiger partial charge in [0.2, 0.25) is 0 Å². The SMILES string of the molecule is C=C.C=CCC.CC(C)C.CCC=C(C)C.CCC=C(C)C. The van der Waals surface area contributed by atoms with E-state index in [1.807, 2.05) is 6.08 Å². The molecule has 0 aliphatic heterocycles. The topological polar surface area (TPSA) is 0 Å². The van der Waals surface area contributed by atoms with E-state index in [0.29, 0.717) is 0 Å². The highest BCUT2D eigenvalue weighted by Crippen LogP contribution is 1.89. The van der Waals surface area contributed by atoms with E-state index in [1.54, 1.807) is 0 Å². The first-order chi connectivity index (χ1) is 10.2. The minimum atomic E-state index is 0.833. The van der Waals surface area contributed by atoms with Crippen LogP contribution in [0.5, 0.6) is 0 Å². The van der Waals surface area contributed by atoms with E-state index in [9.17, 15) is 0 Å². The standard InChI is InChI=1S/2C6H12.C4H10.C4H8.C2H4/c2*1-4-5-6(2)3;1-4(2)3;1-3-4-2;1-2/h2*5H,4H2,1-3H3;4H,1-3H3;3H,1,4H2,2H3;1-2H2. The summed E-state index contributed by atoms with van der Waals surface area (Å²) >= 11 is 0. The summed E-state index contributed by atoms with van der Waals surface area (Å²) in [4.78, 5) is 0. The van der Waals surface area contributed by atoms with Gasteiger partial charge in [-0.25, -0.2) is 0 Å². The zero-order chi connectivity index (χ0) is 19.0. The molecule has 22 heavy (non-hydrogen) atoms. The fraction of sp³-hybridized carbons (Fsp3) is 0.636. The largest absolute Gasteiger partial charge is 0.106 e. The molecule has 0 spiro atoms. The van der Waals surface area contributed by atoms with Crippen molar-refractivity contribution in [2.45, 2.75) is 88.5 Å². The lowest BCUT2D eigenvalue weighted by Gasteiger charge is -1.80. The minimum absolute atomic E-state index is 0.833. The first kappa shape index (κ1) is 32.8. The molecule has 0 nitrogen and oxygen atoms in total. The monoisotopic (exact) mass is 310 g/mol. The van der Waals surface area contributed by atoms with Gasteiger partial charge in [0.1, 0.15) is 0 Å². The number of hydrogen-bond acceptors (Lipinski definition) is 0. The third kappa shape index (κ3) is 172. The van der Waals surface area contributed by atoms with Gasteiger partial charge in [-0.15, -0.1) is 19.7 Å². The molecule has 0 aromatic carbocycles. The lowest BCUT2D eigenvalue weighted by molar-refractivity contribution is 0.737. The maximum Gasteiger partial charge on any atom is -0.0377 e. The molecule has 0 amide bonds. The molecular formula is C22H46. The van der Waals surface area contributed by atoms with E-state index >= 15 is 0 Å². The van der Waals surface area contributed by atoms with Crippen LogP contribution in [0.2, 0.25) is 0 Å². The summed E-state index contributed by atoms with van der Waals surface area (Å²) in [6.45, 7) is 30.8. The third-order valence-corrected chi connectivity index (χ3v) is 1.51. The molecule has 0 unspecified atom stereocenters. The Balaban J connectivity index is -0.0000000571. The van der Waals surface area contributed by atoms with Crippen LogP contribution in [0.3, 0.4) is 0 Å². The zero-order valence-corrected chi connectivity index (χ0v) is 17.6. The van der Waals surface area contributed by atoms with Crippen LogP contribution in [0.15, 0.2) is 49.1 Å². The molecule has 0 heterocycles. The van der Waals surface area contributed by atoms with E-state index in [4.69, 9.17) is 0 Å². The summed E-state index contributed by atoms with van der Waals surface area (Å²) in [6.07, 6.45) is 9.71. The summed E-state index contributed by atoms with van der Waals surface area (Å²) in [6, 6.07) is 0. The third-order valence-electron chi connectivity index (χ3n) is 1.51. The number of rotatable bonds is 3. The second-order valence-corrected chi connectivity index (χ2v) is 5.81. The molecule has 0 aromatic rings. The highest BCUT2D eigenvalue weighted by atomic mass is 13.8. The van der Waals surface area contributed by atoms with Gasteiger partial charge in [-0.2, -0.15) is 0 Å². The maximum atomic E-state index is 3.48. The van der Waals surface area contributed by atoms with E-state index < -0.39 is 0 Å². The van der Waals surface area contributed by atoms with Crippen LogP contribution in [-0.4, -0.2) is 0 Å². The van der Waals surface area contributed by atoms with Gasteiger partial charge in [0.05, 0.1) is 0 Å². The summed E-state index contributed by atoms with van der Waals surface area (Å²) in [5, 5.41) is 0. The van der Waals surface area contributed by atoms with Crippen LogP contribution in [0.1, 0.15) is 88.5 Å². The Morgan fingerprint density at radius 3 is 0.909 bits per heavy atom. The van der Waals surface area contributed by atoms with Gasteiger partial charge in [-0.05, 0) is 52.9 Å². The molecule has 0 atom stereocenters. The smallest absolute Gasteiger partial charge is 0.0377 e. The van der Waals surface area contributed by atoms with Gasteiger partial charge >= 0.3 is 0 Å². The Labute approximate surface area is 144 Å². The van der Waals surface area contributed by atoms with Gasteiger partial charge < -0.3 is 0 Å². The number of hydrogen-bond donors (Lipinski definition) is 0. The Kier molecular flexibility index (Phi) is 54.9. The molecule has 0 radical (unpaired) electrons. The van der Waals surface area contributed by atoms with Crippen LogP contribution in [-0.2, 0) is 0 Å². The van der Waals surface area contributed by atoms with Crippen LogP contribution >= 0.6 is 0 Å². The van der Waals surface area contributed by atoms with E-state index in [-0.39, 0.29) is 0 Å². The van der Waals surface area contributed by atoms with Crippen molar-refractivity contribution in [1.29, 1.82) is 0 Å². The second-order valence-electron chi connectivity index (χ2n) is 5.81. The van der Waals surface area contributed by atoms with Crippen LogP contribution < -0.4 is 0 Å². The molecule has 0 aliphatic rings. The van der Waals surface area contributed by atoms with Crippen LogP contribution in [0.4, 0.5) is 0 Å². The van der Waals surface area contributed by atoms with Crippen molar-refractivity contribution in [1.82, 2.24) is 0 Å². The van der Waals surface area contributed by atoms with Crippen molar-refractivity contribution < 1.29 is 0 Å². The molecule has 0 aliphatic carbocycles. The lowest BCUT2D eigenvalue weighted by Crippen LogP contribution is -1.66. The first-order valence-electron chi connectivity index (χ1n) is 8.56. The van der Waals surface area contributed by atoms with E-state index in [2.05, 4.69) is 101 Å². The van der Waals surface area contributed by atoms with Crippen molar-refractivity contribution >= 4 is 0 Å². The van der Waals surface area contributed by atoms with Crippen molar-refractivity contribution in [3.05, 3.63) is 49.1 Å². The Bertz CT molecular complexity index is 200. The molecule has 0 heteroatoms. The molecule has 0 aromatic heterocycles. The molecular weight excluding hydrogens is 264 g/mol. The van der Waals surface area contributed by atoms with Gasteiger partial charge in [0.25, 0.3) is 0 Å². The lowest BCUT2D eigenvalue weighted by atomic mass is 10.3. The summed E-state index contributed by atoms with van der Waals surface area (Å²) in [5.74, 6) is 0.833. The van der Waals surface area contributed by atoms with E-state index in [0.717, 1.165) is 12.3 Å². The Morgan fingerprint density at radius 1 is 0.727 bits per heavy atom. The maximum absolute atomic E-state index is 3.48. The van der Waals surface area contributed by atoms with Crippen molar-refractivity contribution in [2.24, 2.45) is 5.92 Å².